The zero-order valence-electron chi connectivity index (χ0n) is 13.6. The molecule has 0 amide bonds. The molecule has 0 saturated carbocycles. The molecule has 0 radical (unpaired) electrons. The van der Waals surface area contributed by atoms with Crippen LogP contribution in [0.4, 0.5) is 0 Å². The van der Waals surface area contributed by atoms with Crippen LogP contribution in [0.1, 0.15) is 79.0 Å². The molecule has 0 aromatic carbocycles. The molecule has 0 unspecified atom stereocenters. The first-order chi connectivity index (χ1) is 8.56. The first-order valence-corrected chi connectivity index (χ1v) is 8.70. The maximum absolute atomic E-state index is 10.4. The normalized spacial score (nSPS) is 11.7. The number of rotatable bonds is 12. The maximum atomic E-state index is 10.4. The molecule has 110 valence electrons. The van der Waals surface area contributed by atoms with Gasteiger partial charge < -0.3 is 1.43 Å². The van der Waals surface area contributed by atoms with Gasteiger partial charge in [-0.2, -0.15) is 8.42 Å². The Hall–Kier alpha value is 0.247. The molecule has 0 aliphatic heterocycles. The summed E-state index contributed by atoms with van der Waals surface area (Å²) in [5, 5.41) is 0.876. The van der Waals surface area contributed by atoms with E-state index in [2.05, 4.69) is 6.92 Å². The Labute approximate surface area is 132 Å². The Morgan fingerprint density at radius 1 is 0.895 bits per heavy atom. The van der Waals surface area contributed by atoms with Gasteiger partial charge in [0.1, 0.15) is 0 Å². The van der Waals surface area contributed by atoms with Crippen LogP contribution in [-0.4, -0.2) is 13.0 Å². The Bertz CT molecular complexity index is 306. The van der Waals surface area contributed by atoms with E-state index in [0.717, 1.165) is 24.7 Å². The molecule has 0 aromatic rings. The number of allylic oxidation sites excluding steroid dienone is 1. The van der Waals surface area contributed by atoms with Crippen molar-refractivity contribution in [3.63, 3.8) is 0 Å². The van der Waals surface area contributed by atoms with Crippen LogP contribution in [0.15, 0.2) is 11.5 Å². The van der Waals surface area contributed by atoms with Crippen molar-refractivity contribution in [2.75, 3.05) is 0 Å². The van der Waals surface area contributed by atoms with Crippen LogP contribution in [-0.2, 0) is 10.1 Å². The van der Waals surface area contributed by atoms with Gasteiger partial charge in [-0.25, -0.2) is 0 Å². The predicted octanol–water partition coefficient (Wildman–Crippen LogP) is 1.82. The molecule has 0 aliphatic rings. The van der Waals surface area contributed by atoms with Gasteiger partial charge in [-0.15, -0.1) is 0 Å². The van der Waals surface area contributed by atoms with Gasteiger partial charge in [-0.05, 0) is 12.8 Å². The van der Waals surface area contributed by atoms with Crippen LogP contribution in [0.5, 0.6) is 0 Å². The second-order valence-corrected chi connectivity index (χ2v) is 6.16. The topological polar surface area (TPSA) is 54.4 Å². The van der Waals surface area contributed by atoms with E-state index in [-0.39, 0.29) is 20.3 Å². The third-order valence-electron chi connectivity index (χ3n) is 2.99. The molecule has 0 fully saturated rings. The maximum Gasteiger partial charge on any atom is 1.00 e. The molecule has 0 saturated heterocycles. The molecular weight excluding hydrogens is 255 g/mol. The van der Waals surface area contributed by atoms with Crippen LogP contribution < -0.4 is 18.9 Å². The summed E-state index contributed by atoms with van der Waals surface area (Å²) in [7, 11) is -3.92. The summed E-state index contributed by atoms with van der Waals surface area (Å²) in [6.07, 6.45) is 15.0. The van der Waals surface area contributed by atoms with Crippen LogP contribution in [0.3, 0.4) is 0 Å². The standard InChI is InChI=1S/C14H28O3S.Li.H/c1-2-3-4-5-6-7-8-9-10-11-12-13-14-18(15,16)17;;/h13-14H,2-12H2,1H3,(H,15,16,17);;/q;+1;-1. The third kappa shape index (κ3) is 20.7. The molecule has 0 bridgehead atoms. The average Bonchev–Trinajstić information content (AvgIpc) is 2.29. The molecule has 5 heteroatoms. The van der Waals surface area contributed by atoms with Gasteiger partial charge in [0.2, 0.25) is 0 Å². The Morgan fingerprint density at radius 2 is 1.32 bits per heavy atom. The van der Waals surface area contributed by atoms with Crippen molar-refractivity contribution in [1.29, 1.82) is 0 Å². The van der Waals surface area contributed by atoms with Crippen LogP contribution in [0, 0.1) is 0 Å². The second-order valence-electron chi connectivity index (χ2n) is 4.86. The van der Waals surface area contributed by atoms with Gasteiger partial charge in [-0.3, -0.25) is 4.55 Å². The largest absolute Gasteiger partial charge is 1.00 e. The fourth-order valence-electron chi connectivity index (χ4n) is 1.94. The van der Waals surface area contributed by atoms with Gasteiger partial charge in [0.05, 0.1) is 5.41 Å². The Morgan fingerprint density at radius 3 is 1.74 bits per heavy atom. The molecule has 1 N–H and O–H groups in total. The van der Waals surface area contributed by atoms with E-state index in [1.54, 1.807) is 0 Å². The molecule has 0 rings (SSSR count). The van der Waals surface area contributed by atoms with Crippen molar-refractivity contribution in [2.24, 2.45) is 0 Å². The van der Waals surface area contributed by atoms with Crippen molar-refractivity contribution in [2.45, 2.75) is 77.6 Å². The van der Waals surface area contributed by atoms with Gasteiger partial charge in [0, 0.05) is 0 Å². The Kier molecular flexibility index (Phi) is 16.6. The minimum atomic E-state index is -3.92. The van der Waals surface area contributed by atoms with E-state index in [9.17, 15) is 8.42 Å². The van der Waals surface area contributed by atoms with Crippen molar-refractivity contribution < 1.29 is 33.3 Å². The van der Waals surface area contributed by atoms with Gasteiger partial charge >= 0.3 is 18.9 Å². The minimum Gasteiger partial charge on any atom is -1.00 e. The minimum absolute atomic E-state index is 0. The summed E-state index contributed by atoms with van der Waals surface area (Å²) in [6.45, 7) is 2.23. The third-order valence-corrected chi connectivity index (χ3v) is 3.53. The predicted molar refractivity (Wildman–Crippen MR) is 78.3 cm³/mol. The van der Waals surface area contributed by atoms with Crippen LogP contribution in [0.2, 0.25) is 0 Å². The summed E-state index contributed by atoms with van der Waals surface area (Å²) in [5.74, 6) is 0. The van der Waals surface area contributed by atoms with E-state index in [1.807, 2.05) is 0 Å². The molecule has 19 heavy (non-hydrogen) atoms. The van der Waals surface area contributed by atoms with Crippen molar-refractivity contribution in [3.8, 4) is 0 Å². The summed E-state index contributed by atoms with van der Waals surface area (Å²) >= 11 is 0. The smallest absolute Gasteiger partial charge is 1.00 e. The van der Waals surface area contributed by atoms with Crippen LogP contribution in [0.25, 0.3) is 0 Å². The summed E-state index contributed by atoms with van der Waals surface area (Å²) in [5.41, 5.74) is 0. The molecule has 0 aliphatic carbocycles. The van der Waals surface area contributed by atoms with Crippen molar-refractivity contribution in [3.05, 3.63) is 11.5 Å². The Balaban J connectivity index is -0.00000144. The first kappa shape index (κ1) is 21.5. The molecule has 3 nitrogen and oxygen atoms in total. The van der Waals surface area contributed by atoms with E-state index >= 15 is 0 Å². The van der Waals surface area contributed by atoms with Gasteiger partial charge in [-0.1, -0.05) is 70.8 Å². The van der Waals surface area contributed by atoms with E-state index in [4.69, 9.17) is 4.55 Å². The zero-order chi connectivity index (χ0) is 13.7. The summed E-state index contributed by atoms with van der Waals surface area (Å²) in [4.78, 5) is 0. The average molecular weight is 284 g/mol. The molecule has 0 aromatic heterocycles. The SMILES string of the molecule is CCCCCCCCCCCCC=CS(=O)(=O)O.[H-].[Li+]. The van der Waals surface area contributed by atoms with Gasteiger partial charge in [0.15, 0.2) is 0 Å². The number of hydrogen-bond donors (Lipinski definition) is 1. The molecular formula is C14H29LiO3S. The molecule has 0 spiro atoms. The first-order valence-electron chi connectivity index (χ1n) is 7.20. The summed E-state index contributed by atoms with van der Waals surface area (Å²) < 4.78 is 29.2. The van der Waals surface area contributed by atoms with Crippen LogP contribution >= 0.6 is 0 Å². The van der Waals surface area contributed by atoms with E-state index < -0.39 is 10.1 Å². The fourth-order valence-corrected chi connectivity index (χ4v) is 2.32. The van der Waals surface area contributed by atoms with Crippen molar-refractivity contribution >= 4 is 10.1 Å². The van der Waals surface area contributed by atoms with E-state index in [1.165, 1.54) is 57.4 Å². The summed E-state index contributed by atoms with van der Waals surface area (Å²) in [6, 6.07) is 0. The molecule has 0 heterocycles. The number of hydrogen-bond acceptors (Lipinski definition) is 2. The quantitative estimate of drug-likeness (QED) is 0.338. The molecule has 0 atom stereocenters. The zero-order valence-corrected chi connectivity index (χ0v) is 13.4. The van der Waals surface area contributed by atoms with Crippen molar-refractivity contribution in [1.82, 2.24) is 0 Å². The monoisotopic (exact) mass is 284 g/mol. The van der Waals surface area contributed by atoms with E-state index in [0.29, 0.717) is 0 Å². The van der Waals surface area contributed by atoms with Gasteiger partial charge in [0.25, 0.3) is 10.1 Å². The number of unbranched alkanes of at least 4 members (excludes halogenated alkanes) is 10. The fraction of sp³-hybridized carbons (Fsp3) is 0.857. The second kappa shape index (κ2) is 14.7.